The van der Waals surface area contributed by atoms with Gasteiger partial charge < -0.3 is 5.32 Å². The van der Waals surface area contributed by atoms with Crippen molar-refractivity contribution in [1.82, 2.24) is 15.5 Å². The molecule has 0 aromatic carbocycles. The molecule has 0 spiro atoms. The lowest BCUT2D eigenvalue weighted by Crippen LogP contribution is -2.41. The Bertz CT molecular complexity index is 640. The maximum atomic E-state index is 11.9. The molecule has 1 atom stereocenters. The number of thiophene rings is 1. The van der Waals surface area contributed by atoms with E-state index in [-0.39, 0.29) is 11.8 Å². The standard InChI is InChI=1S/C11H11BrN4O2S2/c1-5(9(17)14-11-16-15-6(2)19-11)13-10(18)7-3-4-8(12)20-7/h3-5H,1-2H3,(H,13,18)(H,14,16,17). The largest absolute Gasteiger partial charge is 0.340 e. The van der Waals surface area contributed by atoms with E-state index in [1.807, 2.05) is 0 Å². The molecule has 0 fully saturated rings. The monoisotopic (exact) mass is 374 g/mol. The summed E-state index contributed by atoms with van der Waals surface area (Å²) >= 11 is 5.88. The first-order valence-electron chi connectivity index (χ1n) is 5.63. The molecule has 2 heterocycles. The van der Waals surface area contributed by atoms with Crippen LogP contribution in [0.3, 0.4) is 0 Å². The summed E-state index contributed by atoms with van der Waals surface area (Å²) in [5.74, 6) is -0.609. The van der Waals surface area contributed by atoms with Gasteiger partial charge in [-0.1, -0.05) is 11.3 Å². The summed E-state index contributed by atoms with van der Waals surface area (Å²) in [7, 11) is 0. The number of nitrogens with zero attached hydrogens (tertiary/aromatic N) is 2. The van der Waals surface area contributed by atoms with Crippen molar-refractivity contribution in [2.75, 3.05) is 5.32 Å². The third-order valence-electron chi connectivity index (χ3n) is 2.29. The second-order valence-electron chi connectivity index (χ2n) is 3.91. The highest BCUT2D eigenvalue weighted by Gasteiger charge is 2.18. The number of carbonyl (C=O) groups excluding carboxylic acids is 2. The quantitative estimate of drug-likeness (QED) is 0.860. The third-order valence-corrected chi connectivity index (χ3v) is 4.67. The number of carbonyl (C=O) groups is 2. The Labute approximate surface area is 131 Å². The highest BCUT2D eigenvalue weighted by molar-refractivity contribution is 9.11. The summed E-state index contributed by atoms with van der Waals surface area (Å²) in [5.41, 5.74) is 0. The average molecular weight is 375 g/mol. The van der Waals surface area contributed by atoms with Crippen molar-refractivity contribution in [3.05, 3.63) is 25.8 Å². The van der Waals surface area contributed by atoms with Crippen LogP contribution < -0.4 is 10.6 Å². The topological polar surface area (TPSA) is 84.0 Å². The molecule has 9 heteroatoms. The molecule has 2 aromatic rings. The van der Waals surface area contributed by atoms with Crippen molar-refractivity contribution in [1.29, 1.82) is 0 Å². The van der Waals surface area contributed by atoms with Gasteiger partial charge in [0, 0.05) is 0 Å². The fourth-order valence-corrected chi connectivity index (χ4v) is 3.21. The Balaban J connectivity index is 1.92. The number of hydrogen-bond acceptors (Lipinski definition) is 6. The predicted octanol–water partition coefficient (Wildman–Crippen LogP) is 2.43. The predicted molar refractivity (Wildman–Crippen MR) is 82.2 cm³/mol. The molecule has 2 amide bonds. The summed E-state index contributed by atoms with van der Waals surface area (Å²) in [6, 6.07) is 2.82. The number of hydrogen-bond donors (Lipinski definition) is 2. The smallest absolute Gasteiger partial charge is 0.262 e. The zero-order chi connectivity index (χ0) is 14.7. The van der Waals surface area contributed by atoms with Crippen LogP contribution in [0.25, 0.3) is 0 Å². The van der Waals surface area contributed by atoms with E-state index in [0.717, 1.165) is 8.79 Å². The lowest BCUT2D eigenvalue weighted by Gasteiger charge is -2.11. The maximum Gasteiger partial charge on any atom is 0.262 e. The molecule has 0 saturated heterocycles. The second kappa shape index (κ2) is 6.42. The fourth-order valence-electron chi connectivity index (χ4n) is 1.33. The molecule has 2 rings (SSSR count). The van der Waals surface area contributed by atoms with Gasteiger partial charge in [-0.05, 0) is 41.9 Å². The summed E-state index contributed by atoms with van der Waals surface area (Å²) < 4.78 is 0.865. The molecule has 106 valence electrons. The Morgan fingerprint density at radius 3 is 2.60 bits per heavy atom. The van der Waals surface area contributed by atoms with Gasteiger partial charge in [-0.15, -0.1) is 21.5 Å². The van der Waals surface area contributed by atoms with E-state index in [1.54, 1.807) is 26.0 Å². The highest BCUT2D eigenvalue weighted by Crippen LogP contribution is 2.22. The van der Waals surface area contributed by atoms with Crippen molar-refractivity contribution in [2.24, 2.45) is 0 Å². The average Bonchev–Trinajstić information content (AvgIpc) is 2.98. The summed E-state index contributed by atoms with van der Waals surface area (Å²) in [5, 5.41) is 14.0. The third kappa shape index (κ3) is 3.84. The molecule has 1 unspecified atom stereocenters. The molecule has 0 aliphatic carbocycles. The van der Waals surface area contributed by atoms with E-state index in [4.69, 9.17) is 0 Å². The lowest BCUT2D eigenvalue weighted by molar-refractivity contribution is -0.117. The van der Waals surface area contributed by atoms with Gasteiger partial charge in [-0.2, -0.15) is 0 Å². The van der Waals surface area contributed by atoms with Gasteiger partial charge >= 0.3 is 0 Å². The zero-order valence-corrected chi connectivity index (χ0v) is 13.9. The van der Waals surface area contributed by atoms with Crippen molar-refractivity contribution in [3.63, 3.8) is 0 Å². The van der Waals surface area contributed by atoms with Gasteiger partial charge in [-0.25, -0.2) is 0 Å². The molecule has 0 bridgehead atoms. The van der Waals surface area contributed by atoms with Crippen LogP contribution in [-0.4, -0.2) is 28.1 Å². The number of aromatic nitrogens is 2. The van der Waals surface area contributed by atoms with E-state index in [2.05, 4.69) is 36.8 Å². The van der Waals surface area contributed by atoms with Gasteiger partial charge in [0.2, 0.25) is 11.0 Å². The van der Waals surface area contributed by atoms with Gasteiger partial charge in [0.25, 0.3) is 5.91 Å². The fraction of sp³-hybridized carbons (Fsp3) is 0.273. The summed E-state index contributed by atoms with van der Waals surface area (Å²) in [6.45, 7) is 3.41. The molecule has 6 nitrogen and oxygen atoms in total. The highest BCUT2D eigenvalue weighted by atomic mass is 79.9. The molecule has 2 N–H and O–H groups in total. The molecular formula is C11H11BrN4O2S2. The van der Waals surface area contributed by atoms with Crippen LogP contribution in [0.5, 0.6) is 0 Å². The van der Waals surface area contributed by atoms with Crippen LogP contribution in [0, 0.1) is 6.92 Å². The van der Waals surface area contributed by atoms with E-state index in [1.165, 1.54) is 22.7 Å². The molecular weight excluding hydrogens is 364 g/mol. The van der Waals surface area contributed by atoms with Gasteiger partial charge in [-0.3, -0.25) is 14.9 Å². The van der Waals surface area contributed by atoms with Crippen LogP contribution in [0.2, 0.25) is 0 Å². The van der Waals surface area contributed by atoms with Crippen molar-refractivity contribution in [2.45, 2.75) is 19.9 Å². The molecule has 0 radical (unpaired) electrons. The van der Waals surface area contributed by atoms with Crippen LogP contribution in [-0.2, 0) is 4.79 Å². The van der Waals surface area contributed by atoms with Gasteiger partial charge in [0.15, 0.2) is 0 Å². The van der Waals surface area contributed by atoms with E-state index < -0.39 is 6.04 Å². The van der Waals surface area contributed by atoms with Gasteiger partial charge in [0.1, 0.15) is 11.0 Å². The summed E-state index contributed by atoms with van der Waals surface area (Å²) in [4.78, 5) is 24.3. The van der Waals surface area contributed by atoms with Crippen molar-refractivity contribution in [3.8, 4) is 0 Å². The minimum absolute atomic E-state index is 0.281. The normalized spacial score (nSPS) is 11.9. The SMILES string of the molecule is Cc1nnc(NC(=O)C(C)NC(=O)c2ccc(Br)s2)s1. The van der Waals surface area contributed by atoms with Crippen molar-refractivity contribution < 1.29 is 9.59 Å². The minimum atomic E-state index is -0.660. The second-order valence-corrected chi connectivity index (χ2v) is 7.56. The Morgan fingerprint density at radius 2 is 2.05 bits per heavy atom. The van der Waals surface area contributed by atoms with Gasteiger partial charge in [0.05, 0.1) is 8.66 Å². The number of anilines is 1. The van der Waals surface area contributed by atoms with Crippen LogP contribution in [0.4, 0.5) is 5.13 Å². The van der Waals surface area contributed by atoms with E-state index >= 15 is 0 Å². The number of amides is 2. The van der Waals surface area contributed by atoms with E-state index in [0.29, 0.717) is 10.0 Å². The first-order chi connectivity index (χ1) is 9.45. The molecule has 0 aliphatic rings. The number of nitrogens with one attached hydrogen (secondary N) is 2. The van der Waals surface area contributed by atoms with Crippen LogP contribution in [0.1, 0.15) is 21.6 Å². The zero-order valence-electron chi connectivity index (χ0n) is 10.6. The summed E-state index contributed by atoms with van der Waals surface area (Å²) in [6.07, 6.45) is 0. The number of rotatable bonds is 4. The lowest BCUT2D eigenvalue weighted by atomic mass is 10.3. The number of halogens is 1. The Kier molecular flexibility index (Phi) is 4.84. The Hall–Kier alpha value is -1.32. The van der Waals surface area contributed by atoms with E-state index in [9.17, 15) is 9.59 Å². The molecule has 0 saturated carbocycles. The first-order valence-corrected chi connectivity index (χ1v) is 8.05. The van der Waals surface area contributed by atoms with Crippen molar-refractivity contribution >= 4 is 55.5 Å². The minimum Gasteiger partial charge on any atom is -0.340 e. The number of aryl methyl sites for hydroxylation is 1. The van der Waals surface area contributed by atoms with Crippen LogP contribution in [0.15, 0.2) is 15.9 Å². The molecule has 2 aromatic heterocycles. The van der Waals surface area contributed by atoms with Crippen LogP contribution >= 0.6 is 38.6 Å². The molecule has 0 aliphatic heterocycles. The Morgan fingerprint density at radius 1 is 1.30 bits per heavy atom. The molecule has 20 heavy (non-hydrogen) atoms. The maximum absolute atomic E-state index is 11.9. The first kappa shape index (κ1) is 15.1.